The van der Waals surface area contributed by atoms with Crippen LogP contribution in [0.5, 0.6) is 0 Å². The summed E-state index contributed by atoms with van der Waals surface area (Å²) in [6.45, 7) is 0. The summed E-state index contributed by atoms with van der Waals surface area (Å²) in [5, 5.41) is 0. The number of phosphoric acid groups is 1. The molecule has 0 aromatic carbocycles. The smallest absolute Gasteiger partial charge is 0.303 e. The summed E-state index contributed by atoms with van der Waals surface area (Å²) in [6, 6.07) is 5.19. The second kappa shape index (κ2) is 6.01. The topological polar surface area (TPSA) is 90.7 Å². The predicted octanol–water partition coefficient (Wildman–Crippen LogP) is 1.98. The molecular weight excluding hydrogens is 287 g/mol. The van der Waals surface area contributed by atoms with Crippen molar-refractivity contribution in [1.29, 1.82) is 0 Å². The van der Waals surface area contributed by atoms with Crippen LogP contribution in [0.4, 0.5) is 0 Å². The minimum Gasteiger partial charge on any atom is -0.303 e. The molecule has 0 aliphatic rings. The molecule has 0 saturated heterocycles. The number of alkyl halides is 3. The minimum atomic E-state index is -4.64. The van der Waals surface area contributed by atoms with E-state index in [0.29, 0.717) is 5.69 Å². The van der Waals surface area contributed by atoms with Gasteiger partial charge in [0.15, 0.2) is 0 Å². The van der Waals surface area contributed by atoms with Crippen LogP contribution < -0.4 is 0 Å². The highest BCUT2D eigenvalue weighted by molar-refractivity contribution is 7.45. The minimum absolute atomic E-state index is 0.444. The fraction of sp³-hybridized carbons (Fsp3) is 0.167. The molecule has 0 saturated carbocycles. The fourth-order valence-corrected chi connectivity index (χ4v) is 0.866. The van der Waals surface area contributed by atoms with Gasteiger partial charge < -0.3 is 14.7 Å². The Kier molecular flexibility index (Phi) is 6.06. The Balaban J connectivity index is 0.000000336. The zero-order valence-electron chi connectivity index (χ0n) is 7.09. The number of hydrogen-bond acceptors (Lipinski definition) is 2. The Hall–Kier alpha value is 0.130. The summed E-state index contributed by atoms with van der Waals surface area (Å²) < 4.78 is 7.48. The molecule has 9 heteroatoms. The quantitative estimate of drug-likeness (QED) is 0.503. The number of pyridine rings is 1. The van der Waals surface area contributed by atoms with E-state index in [9.17, 15) is 0 Å². The normalized spacial score (nSPS) is 11.6. The van der Waals surface area contributed by atoms with Crippen molar-refractivity contribution in [3.63, 3.8) is 0 Å². The van der Waals surface area contributed by atoms with Gasteiger partial charge in [0.05, 0.1) is 5.69 Å². The average Bonchev–Trinajstić information content (AvgIpc) is 2.01. The third-order valence-corrected chi connectivity index (χ3v) is 1.54. The van der Waals surface area contributed by atoms with Crippen molar-refractivity contribution in [2.75, 3.05) is 0 Å². The monoisotopic (exact) mass is 293 g/mol. The Labute approximate surface area is 101 Å². The molecule has 0 aliphatic carbocycles. The summed E-state index contributed by atoms with van der Waals surface area (Å²) in [4.78, 5) is 25.4. The van der Waals surface area contributed by atoms with Gasteiger partial charge in [0.1, 0.15) is 0 Å². The fourth-order valence-electron chi connectivity index (χ4n) is 0.530. The number of nitrogens with zero attached hydrogens (tertiary/aromatic N) is 1. The van der Waals surface area contributed by atoms with Gasteiger partial charge >= 0.3 is 7.82 Å². The van der Waals surface area contributed by atoms with Crippen LogP contribution in [-0.2, 0) is 8.36 Å². The van der Waals surface area contributed by atoms with Gasteiger partial charge in [0, 0.05) is 6.20 Å². The molecule has 3 N–H and O–H groups in total. The molecule has 15 heavy (non-hydrogen) atoms. The second-order valence-electron chi connectivity index (χ2n) is 2.23. The molecule has 0 aliphatic heterocycles. The van der Waals surface area contributed by atoms with E-state index in [2.05, 4.69) is 4.98 Å². The zero-order valence-corrected chi connectivity index (χ0v) is 10.2. The first kappa shape index (κ1) is 15.1. The summed E-state index contributed by atoms with van der Waals surface area (Å²) in [5.74, 6) is 0. The lowest BCUT2D eigenvalue weighted by molar-refractivity contribution is 0.275. The van der Waals surface area contributed by atoms with E-state index in [4.69, 9.17) is 54.0 Å². The van der Waals surface area contributed by atoms with Crippen LogP contribution in [0.3, 0.4) is 0 Å². The van der Waals surface area contributed by atoms with E-state index in [1.54, 1.807) is 24.4 Å². The van der Waals surface area contributed by atoms with Crippen LogP contribution in [0.15, 0.2) is 24.4 Å². The van der Waals surface area contributed by atoms with Gasteiger partial charge in [-0.3, -0.25) is 4.98 Å². The van der Waals surface area contributed by atoms with Crippen molar-refractivity contribution in [3.05, 3.63) is 30.1 Å². The highest BCUT2D eigenvalue weighted by atomic mass is 35.6. The Morgan fingerprint density at radius 1 is 1.20 bits per heavy atom. The highest BCUT2D eigenvalue weighted by Crippen LogP contribution is 2.36. The van der Waals surface area contributed by atoms with Crippen molar-refractivity contribution >= 4 is 42.6 Å². The molecule has 0 unspecified atom stereocenters. The molecule has 0 radical (unpaired) electrons. The molecule has 1 aromatic rings. The highest BCUT2D eigenvalue weighted by Gasteiger charge is 2.23. The summed E-state index contributed by atoms with van der Waals surface area (Å²) in [6.07, 6.45) is 1.58. The van der Waals surface area contributed by atoms with E-state index in [1.165, 1.54) is 0 Å². The Morgan fingerprint density at radius 3 is 1.87 bits per heavy atom. The third-order valence-electron chi connectivity index (χ3n) is 0.955. The van der Waals surface area contributed by atoms with E-state index >= 15 is 0 Å². The van der Waals surface area contributed by atoms with Gasteiger partial charge in [0.25, 0.3) is 0 Å². The van der Waals surface area contributed by atoms with E-state index in [-0.39, 0.29) is 0 Å². The maximum Gasteiger partial charge on any atom is 0.466 e. The molecule has 0 fully saturated rings. The van der Waals surface area contributed by atoms with Gasteiger partial charge in [-0.1, -0.05) is 40.9 Å². The molecule has 1 aromatic heterocycles. The van der Waals surface area contributed by atoms with Gasteiger partial charge in [-0.2, -0.15) is 0 Å². The first-order valence-corrected chi connectivity index (χ1v) is 6.07. The Bertz CT molecular complexity index is 328. The van der Waals surface area contributed by atoms with Gasteiger partial charge in [-0.25, -0.2) is 4.57 Å². The van der Waals surface area contributed by atoms with Crippen LogP contribution in [0, 0.1) is 0 Å². The third kappa shape index (κ3) is 10.4. The van der Waals surface area contributed by atoms with Crippen molar-refractivity contribution in [1.82, 2.24) is 4.98 Å². The first-order chi connectivity index (χ1) is 6.61. The van der Waals surface area contributed by atoms with E-state index in [0.717, 1.165) is 0 Å². The summed E-state index contributed by atoms with van der Waals surface area (Å²) in [5.41, 5.74) is 0.444. The second-order valence-corrected chi connectivity index (χ2v) is 5.53. The van der Waals surface area contributed by atoms with Crippen molar-refractivity contribution < 1.29 is 19.2 Å². The van der Waals surface area contributed by atoms with Crippen LogP contribution in [0.1, 0.15) is 5.69 Å². The number of halogens is 3. The number of aromatic nitrogens is 1. The van der Waals surface area contributed by atoms with Gasteiger partial charge in [0.2, 0.25) is 3.79 Å². The van der Waals surface area contributed by atoms with E-state index < -0.39 is 11.6 Å². The molecule has 1 rings (SSSR count). The SMILES string of the molecule is ClC(Cl)(Cl)c1ccccn1.O=P(O)(O)O. The maximum absolute atomic E-state index is 8.88. The molecule has 0 atom stereocenters. The van der Waals surface area contributed by atoms with Crippen LogP contribution in [0.25, 0.3) is 0 Å². The largest absolute Gasteiger partial charge is 0.466 e. The molecule has 1 heterocycles. The molecular formula is C6H7Cl3NO4P. The van der Waals surface area contributed by atoms with Gasteiger partial charge in [-0.15, -0.1) is 0 Å². The van der Waals surface area contributed by atoms with E-state index in [1.807, 2.05) is 0 Å². The van der Waals surface area contributed by atoms with Crippen molar-refractivity contribution in [2.24, 2.45) is 0 Å². The molecule has 0 bridgehead atoms. The van der Waals surface area contributed by atoms with Crippen LogP contribution >= 0.6 is 42.6 Å². The maximum atomic E-state index is 8.88. The summed E-state index contributed by atoms with van der Waals surface area (Å²) in [7, 11) is -4.64. The molecule has 86 valence electrons. The lowest BCUT2D eigenvalue weighted by Crippen LogP contribution is -2.01. The lowest BCUT2D eigenvalue weighted by Gasteiger charge is -2.07. The summed E-state index contributed by atoms with van der Waals surface area (Å²) >= 11 is 16.6. The first-order valence-electron chi connectivity index (χ1n) is 3.37. The average molecular weight is 294 g/mol. The molecule has 5 nitrogen and oxygen atoms in total. The standard InChI is InChI=1S/C6H4Cl3N.H3O4P/c7-6(8,9)5-3-1-2-4-10-5;1-5(2,3)4/h1-4H;(H3,1,2,3,4). The van der Waals surface area contributed by atoms with Crippen LogP contribution in [0.2, 0.25) is 0 Å². The zero-order chi connectivity index (χ0) is 12.1. The van der Waals surface area contributed by atoms with Gasteiger partial charge in [-0.05, 0) is 12.1 Å². The number of hydrogen-bond donors (Lipinski definition) is 3. The van der Waals surface area contributed by atoms with Crippen molar-refractivity contribution in [3.8, 4) is 0 Å². The van der Waals surface area contributed by atoms with Crippen molar-refractivity contribution in [2.45, 2.75) is 3.79 Å². The number of rotatable bonds is 0. The van der Waals surface area contributed by atoms with Crippen LogP contribution in [-0.4, -0.2) is 19.7 Å². The lowest BCUT2D eigenvalue weighted by atomic mass is 10.4. The molecule has 0 amide bonds. The Morgan fingerprint density at radius 2 is 1.67 bits per heavy atom. The predicted molar refractivity (Wildman–Crippen MR) is 57.7 cm³/mol. The molecule has 0 spiro atoms.